The van der Waals surface area contributed by atoms with E-state index in [1.807, 2.05) is 0 Å². The van der Waals surface area contributed by atoms with Gasteiger partial charge in [0.1, 0.15) is 21.5 Å². The number of fused-ring (bicyclic) bond motifs is 1. The third-order valence-electron chi connectivity index (χ3n) is 4.22. The number of nitrogens with one attached hydrogen (secondary N) is 1. The van der Waals surface area contributed by atoms with Crippen molar-refractivity contribution in [3.05, 3.63) is 69.4 Å². The van der Waals surface area contributed by atoms with Crippen LogP contribution in [0, 0.1) is 0 Å². The summed E-state index contributed by atoms with van der Waals surface area (Å²) < 4.78 is 7.08. The van der Waals surface area contributed by atoms with Crippen LogP contribution in [0.4, 0.5) is 5.82 Å². The van der Waals surface area contributed by atoms with Gasteiger partial charge in [0.2, 0.25) is 0 Å². The summed E-state index contributed by atoms with van der Waals surface area (Å²) in [4.78, 5) is 32.1. The molecule has 1 saturated heterocycles. The standard InChI is InChI=1S/C19H16N4O4S2/c24-8-6-20-16-13(17(25)22-7-2-1-5-15(22)21-16)10-14-18(26)23(19(28)29-14)11-12-4-3-9-27-12/h1-5,7,9-10,20,24H,6,8,11H2. The molecule has 0 atom stereocenters. The van der Waals surface area contributed by atoms with Gasteiger partial charge >= 0.3 is 0 Å². The van der Waals surface area contributed by atoms with Crippen LogP contribution in [0.1, 0.15) is 11.3 Å². The number of pyridine rings is 1. The number of anilines is 1. The fourth-order valence-electron chi connectivity index (χ4n) is 2.87. The van der Waals surface area contributed by atoms with Gasteiger partial charge in [-0.1, -0.05) is 30.0 Å². The van der Waals surface area contributed by atoms with Crippen LogP contribution in [0.15, 0.2) is 56.9 Å². The molecule has 1 aliphatic heterocycles. The maximum Gasteiger partial charge on any atom is 0.267 e. The normalized spacial score (nSPS) is 15.6. The Morgan fingerprint density at radius 1 is 1.28 bits per heavy atom. The lowest BCUT2D eigenvalue weighted by atomic mass is 10.2. The van der Waals surface area contributed by atoms with Gasteiger partial charge in [-0.2, -0.15) is 0 Å². The summed E-state index contributed by atoms with van der Waals surface area (Å²) in [6.45, 7) is 0.315. The van der Waals surface area contributed by atoms with Crippen LogP contribution < -0.4 is 10.9 Å². The van der Waals surface area contributed by atoms with Crippen LogP contribution in [0.25, 0.3) is 11.7 Å². The first kappa shape index (κ1) is 19.4. The second-order valence-electron chi connectivity index (χ2n) is 6.11. The Labute approximate surface area is 174 Å². The van der Waals surface area contributed by atoms with Crippen molar-refractivity contribution in [3.8, 4) is 0 Å². The van der Waals surface area contributed by atoms with Gasteiger partial charge in [-0.3, -0.25) is 18.9 Å². The molecule has 2 N–H and O–H groups in total. The van der Waals surface area contributed by atoms with Crippen molar-refractivity contribution in [1.82, 2.24) is 14.3 Å². The molecule has 0 aliphatic carbocycles. The third kappa shape index (κ3) is 3.82. The largest absolute Gasteiger partial charge is 0.467 e. The molecule has 10 heteroatoms. The van der Waals surface area contributed by atoms with Crippen molar-refractivity contribution in [3.63, 3.8) is 0 Å². The molecule has 0 aromatic carbocycles. The predicted octanol–water partition coefficient (Wildman–Crippen LogP) is 2.09. The summed E-state index contributed by atoms with van der Waals surface area (Å²) in [6, 6.07) is 8.71. The topological polar surface area (TPSA) is 100 Å². The van der Waals surface area contributed by atoms with Crippen LogP contribution in [0.2, 0.25) is 0 Å². The molecule has 0 saturated carbocycles. The SMILES string of the molecule is O=C1C(=Cc2c(NCCO)nc3ccccn3c2=O)SC(=S)N1Cc1ccco1. The molecular formula is C19H16N4O4S2. The highest BCUT2D eigenvalue weighted by Gasteiger charge is 2.33. The van der Waals surface area contributed by atoms with Crippen molar-refractivity contribution < 1.29 is 14.3 Å². The number of thiocarbonyl (C=S) groups is 1. The van der Waals surface area contributed by atoms with Crippen LogP contribution in [0.3, 0.4) is 0 Å². The molecule has 1 amide bonds. The summed E-state index contributed by atoms with van der Waals surface area (Å²) in [5, 5.41) is 12.1. The fraction of sp³-hybridized carbons (Fsp3) is 0.158. The van der Waals surface area contributed by atoms with Gasteiger partial charge in [0.25, 0.3) is 11.5 Å². The lowest BCUT2D eigenvalue weighted by Gasteiger charge is -2.12. The number of carbonyl (C=O) groups excluding carboxylic acids is 1. The van der Waals surface area contributed by atoms with Gasteiger partial charge in [0.15, 0.2) is 0 Å². The zero-order chi connectivity index (χ0) is 20.4. The van der Waals surface area contributed by atoms with E-state index in [1.165, 1.54) is 21.6 Å². The van der Waals surface area contributed by atoms with Crippen molar-refractivity contribution in [2.45, 2.75) is 6.54 Å². The smallest absolute Gasteiger partial charge is 0.267 e. The van der Waals surface area contributed by atoms with Gasteiger partial charge in [-0.25, -0.2) is 4.98 Å². The number of rotatable bonds is 6. The molecule has 3 aromatic heterocycles. The minimum absolute atomic E-state index is 0.124. The number of aliphatic hydroxyl groups is 1. The van der Waals surface area contributed by atoms with Gasteiger partial charge in [0.05, 0.1) is 29.9 Å². The Hall–Kier alpha value is -2.95. The Kier molecular flexibility index (Phi) is 5.47. The Morgan fingerprint density at radius 2 is 2.14 bits per heavy atom. The lowest BCUT2D eigenvalue weighted by molar-refractivity contribution is -0.122. The maximum atomic E-state index is 13.0. The molecule has 3 aromatic rings. The molecule has 29 heavy (non-hydrogen) atoms. The van der Waals surface area contributed by atoms with Crippen molar-refractivity contribution in [2.24, 2.45) is 0 Å². The Morgan fingerprint density at radius 3 is 2.90 bits per heavy atom. The van der Waals surface area contributed by atoms with E-state index in [2.05, 4.69) is 10.3 Å². The highest BCUT2D eigenvalue weighted by molar-refractivity contribution is 8.26. The average Bonchev–Trinajstić information content (AvgIpc) is 3.33. The Bertz CT molecular complexity index is 1170. The van der Waals surface area contributed by atoms with E-state index in [4.69, 9.17) is 21.7 Å². The van der Waals surface area contributed by atoms with E-state index in [0.717, 1.165) is 11.8 Å². The van der Waals surface area contributed by atoms with Crippen LogP contribution >= 0.6 is 24.0 Å². The van der Waals surface area contributed by atoms with E-state index in [1.54, 1.807) is 36.5 Å². The number of thioether (sulfide) groups is 1. The van der Waals surface area contributed by atoms with Crippen LogP contribution in [0.5, 0.6) is 0 Å². The molecule has 1 fully saturated rings. The highest BCUT2D eigenvalue weighted by atomic mass is 32.2. The first-order chi connectivity index (χ1) is 14.1. The Balaban J connectivity index is 1.75. The van der Waals surface area contributed by atoms with E-state index in [-0.39, 0.29) is 36.7 Å². The summed E-state index contributed by atoms with van der Waals surface area (Å²) in [5.74, 6) is 0.605. The molecular weight excluding hydrogens is 412 g/mol. The summed E-state index contributed by atoms with van der Waals surface area (Å²) in [5.41, 5.74) is 0.355. The molecule has 148 valence electrons. The van der Waals surface area contributed by atoms with Gasteiger partial charge in [-0.15, -0.1) is 0 Å². The second-order valence-corrected chi connectivity index (χ2v) is 7.78. The molecule has 4 rings (SSSR count). The molecule has 0 unspecified atom stereocenters. The van der Waals surface area contributed by atoms with Crippen LogP contribution in [-0.2, 0) is 11.3 Å². The van der Waals surface area contributed by atoms with E-state index < -0.39 is 0 Å². The first-order valence-corrected chi connectivity index (χ1v) is 9.95. The summed E-state index contributed by atoms with van der Waals surface area (Å²) >= 11 is 6.45. The number of aromatic nitrogens is 2. The fourth-order valence-corrected chi connectivity index (χ4v) is 4.10. The van der Waals surface area contributed by atoms with Crippen molar-refractivity contribution >= 4 is 51.7 Å². The molecule has 1 aliphatic rings. The minimum atomic E-state index is -0.327. The maximum absolute atomic E-state index is 13.0. The molecule has 0 radical (unpaired) electrons. The number of carbonyl (C=O) groups is 1. The molecule has 0 spiro atoms. The van der Waals surface area contributed by atoms with Gasteiger partial charge < -0.3 is 14.8 Å². The third-order valence-corrected chi connectivity index (χ3v) is 5.59. The summed E-state index contributed by atoms with van der Waals surface area (Å²) in [6.07, 6.45) is 4.64. The van der Waals surface area contributed by atoms with Crippen molar-refractivity contribution in [2.75, 3.05) is 18.5 Å². The van der Waals surface area contributed by atoms with Crippen LogP contribution in [-0.4, -0.2) is 42.8 Å². The zero-order valence-electron chi connectivity index (χ0n) is 15.1. The van der Waals surface area contributed by atoms with Gasteiger partial charge in [0, 0.05) is 12.7 Å². The molecule has 4 heterocycles. The second kappa shape index (κ2) is 8.19. The van der Waals surface area contributed by atoms with Gasteiger partial charge in [-0.05, 0) is 30.3 Å². The predicted molar refractivity (Wildman–Crippen MR) is 114 cm³/mol. The summed E-state index contributed by atoms with van der Waals surface area (Å²) in [7, 11) is 0. The highest BCUT2D eigenvalue weighted by Crippen LogP contribution is 2.34. The number of furan rings is 1. The average molecular weight is 428 g/mol. The van der Waals surface area contributed by atoms with E-state index in [0.29, 0.717) is 26.5 Å². The number of hydrogen-bond acceptors (Lipinski definition) is 8. The monoisotopic (exact) mass is 428 g/mol. The van der Waals surface area contributed by atoms with E-state index >= 15 is 0 Å². The zero-order valence-corrected chi connectivity index (χ0v) is 16.7. The lowest BCUT2D eigenvalue weighted by Crippen LogP contribution is -2.27. The number of hydrogen-bond donors (Lipinski definition) is 2. The molecule has 0 bridgehead atoms. The number of aliphatic hydroxyl groups excluding tert-OH is 1. The number of amides is 1. The quantitative estimate of drug-likeness (QED) is 0.455. The number of nitrogens with zero attached hydrogens (tertiary/aromatic N) is 3. The first-order valence-electron chi connectivity index (χ1n) is 8.72. The minimum Gasteiger partial charge on any atom is -0.467 e. The van der Waals surface area contributed by atoms with Crippen molar-refractivity contribution in [1.29, 1.82) is 0 Å². The van der Waals surface area contributed by atoms with E-state index in [9.17, 15) is 9.59 Å². The molecule has 8 nitrogen and oxygen atoms in total.